The third-order valence-electron chi connectivity index (χ3n) is 6.29. The van der Waals surface area contributed by atoms with Gasteiger partial charge in [-0.25, -0.2) is 9.67 Å². The highest BCUT2D eigenvalue weighted by atomic mass is 16.5. The van der Waals surface area contributed by atoms with Crippen LogP contribution in [0, 0.1) is 6.92 Å². The number of hydrogen-bond acceptors (Lipinski definition) is 5. The molecule has 0 unspecified atom stereocenters. The summed E-state index contributed by atoms with van der Waals surface area (Å²) in [5, 5.41) is 5.67. The summed E-state index contributed by atoms with van der Waals surface area (Å²) in [6, 6.07) is 23.2. The first-order chi connectivity index (χ1) is 16.6. The normalized spacial score (nSPS) is 12.0. The number of fused-ring (bicyclic) bond motifs is 4. The van der Waals surface area contributed by atoms with Gasteiger partial charge in [-0.3, -0.25) is 4.79 Å². The van der Waals surface area contributed by atoms with Crippen LogP contribution in [0.2, 0.25) is 0 Å². The molecule has 6 rings (SSSR count). The fourth-order valence-electron chi connectivity index (χ4n) is 4.74. The van der Waals surface area contributed by atoms with E-state index >= 15 is 0 Å². The highest BCUT2D eigenvalue weighted by Gasteiger charge is 2.34. The van der Waals surface area contributed by atoms with Crippen LogP contribution in [0.15, 0.2) is 72.8 Å². The Balaban J connectivity index is 1.78. The minimum Gasteiger partial charge on any atom is -0.497 e. The maximum Gasteiger partial charge on any atom is 0.196 e. The lowest BCUT2D eigenvalue weighted by Crippen LogP contribution is -2.03. The SMILES string of the molecule is COc1cc(OC)cc(-c2c3c(nc4c2c(C)nn4-c2ccccc2)-c2ccccc2C3=O)c1. The molecule has 1 aliphatic rings. The Hall–Kier alpha value is -4.45. The van der Waals surface area contributed by atoms with Gasteiger partial charge >= 0.3 is 0 Å². The Labute approximate surface area is 196 Å². The second-order valence-corrected chi connectivity index (χ2v) is 8.22. The van der Waals surface area contributed by atoms with E-state index in [4.69, 9.17) is 19.6 Å². The molecule has 0 saturated heterocycles. The molecule has 0 saturated carbocycles. The highest BCUT2D eigenvalue weighted by molar-refractivity contribution is 6.26. The van der Waals surface area contributed by atoms with Crippen LogP contribution in [0.4, 0.5) is 0 Å². The van der Waals surface area contributed by atoms with Crippen LogP contribution in [0.3, 0.4) is 0 Å². The third kappa shape index (κ3) is 2.85. The molecule has 0 spiro atoms. The van der Waals surface area contributed by atoms with Gasteiger partial charge in [0.15, 0.2) is 11.4 Å². The predicted octanol–water partition coefficient (Wildman–Crippen LogP) is 5.62. The van der Waals surface area contributed by atoms with E-state index in [1.165, 1.54) is 0 Å². The molecule has 0 amide bonds. The standard InChI is InChI=1S/C28H21N3O3/c1-16-23-24(17-13-19(33-2)15-20(14-17)34-3)25-26(21-11-7-8-12-22(21)27(25)32)29-28(23)31(30-16)18-9-5-4-6-10-18/h4-15H,1-3H3. The maximum absolute atomic E-state index is 13.7. The number of para-hydroxylation sites is 1. The average molecular weight is 447 g/mol. The van der Waals surface area contributed by atoms with Gasteiger partial charge in [-0.2, -0.15) is 5.10 Å². The number of rotatable bonds is 4. The minimum absolute atomic E-state index is 0.0383. The van der Waals surface area contributed by atoms with Crippen LogP contribution in [0.1, 0.15) is 21.6 Å². The van der Waals surface area contributed by atoms with Gasteiger partial charge in [-0.15, -0.1) is 0 Å². The van der Waals surface area contributed by atoms with Crippen LogP contribution < -0.4 is 9.47 Å². The summed E-state index contributed by atoms with van der Waals surface area (Å²) in [5.41, 5.74) is 6.74. The van der Waals surface area contributed by atoms with Crippen molar-refractivity contribution in [3.05, 3.63) is 89.6 Å². The Kier molecular flexibility index (Phi) is 4.48. The largest absolute Gasteiger partial charge is 0.497 e. The van der Waals surface area contributed by atoms with Crippen LogP contribution in [-0.4, -0.2) is 34.8 Å². The topological polar surface area (TPSA) is 66.2 Å². The Morgan fingerprint density at radius 2 is 1.44 bits per heavy atom. The number of pyridine rings is 1. The smallest absolute Gasteiger partial charge is 0.196 e. The van der Waals surface area contributed by atoms with Crippen LogP contribution >= 0.6 is 0 Å². The number of carbonyl (C=O) groups excluding carboxylic acids is 1. The lowest BCUT2D eigenvalue weighted by Gasteiger charge is -2.14. The van der Waals surface area contributed by atoms with Crippen molar-refractivity contribution in [3.63, 3.8) is 0 Å². The van der Waals surface area contributed by atoms with E-state index in [1.807, 2.05) is 84.4 Å². The van der Waals surface area contributed by atoms with Crippen LogP contribution in [0.25, 0.3) is 39.1 Å². The van der Waals surface area contributed by atoms with Crippen molar-refractivity contribution in [3.8, 4) is 39.6 Å². The number of carbonyl (C=O) groups is 1. The molecule has 34 heavy (non-hydrogen) atoms. The number of benzene rings is 3. The number of hydrogen-bond donors (Lipinski definition) is 0. The molecule has 1 aliphatic carbocycles. The molecule has 3 aromatic carbocycles. The molecule has 6 heteroatoms. The number of methoxy groups -OCH3 is 2. The van der Waals surface area contributed by atoms with Gasteiger partial charge in [-0.05, 0) is 36.8 Å². The lowest BCUT2D eigenvalue weighted by molar-refractivity contribution is 0.104. The summed E-state index contributed by atoms with van der Waals surface area (Å²) >= 11 is 0. The number of nitrogens with zero attached hydrogens (tertiary/aromatic N) is 3. The second kappa shape index (κ2) is 7.56. The van der Waals surface area contributed by atoms with E-state index in [1.54, 1.807) is 14.2 Å². The molecule has 0 bridgehead atoms. The maximum atomic E-state index is 13.7. The van der Waals surface area contributed by atoms with Crippen molar-refractivity contribution in [2.75, 3.05) is 14.2 Å². The average Bonchev–Trinajstić information content (AvgIpc) is 3.37. The van der Waals surface area contributed by atoms with Crippen LogP contribution in [-0.2, 0) is 0 Å². The number of aryl methyl sites for hydroxylation is 1. The molecule has 0 fully saturated rings. The molecule has 2 aromatic heterocycles. The predicted molar refractivity (Wildman–Crippen MR) is 131 cm³/mol. The van der Waals surface area contributed by atoms with Gasteiger partial charge in [0.05, 0.1) is 42.2 Å². The quantitative estimate of drug-likeness (QED) is 0.351. The van der Waals surface area contributed by atoms with Gasteiger partial charge in [0.25, 0.3) is 0 Å². The molecule has 2 heterocycles. The molecule has 5 aromatic rings. The molecular weight excluding hydrogens is 426 g/mol. The zero-order valence-electron chi connectivity index (χ0n) is 19.0. The summed E-state index contributed by atoms with van der Waals surface area (Å²) in [7, 11) is 3.23. The molecule has 166 valence electrons. The first kappa shape index (κ1) is 20.2. The van der Waals surface area contributed by atoms with E-state index < -0.39 is 0 Å². The molecule has 6 nitrogen and oxygen atoms in total. The number of ether oxygens (including phenoxy) is 2. The van der Waals surface area contributed by atoms with Crippen molar-refractivity contribution in [1.82, 2.24) is 14.8 Å². The van der Waals surface area contributed by atoms with Crippen molar-refractivity contribution in [1.29, 1.82) is 0 Å². The molecular formula is C28H21N3O3. The van der Waals surface area contributed by atoms with Gasteiger partial charge in [0.2, 0.25) is 0 Å². The van der Waals surface area contributed by atoms with E-state index in [9.17, 15) is 4.79 Å². The summed E-state index contributed by atoms with van der Waals surface area (Å²) in [4.78, 5) is 18.7. The summed E-state index contributed by atoms with van der Waals surface area (Å²) in [6.07, 6.45) is 0. The number of aromatic nitrogens is 3. The summed E-state index contributed by atoms with van der Waals surface area (Å²) in [5.74, 6) is 1.25. The van der Waals surface area contributed by atoms with Gasteiger partial charge in [-0.1, -0.05) is 42.5 Å². The first-order valence-corrected chi connectivity index (χ1v) is 11.0. The van der Waals surface area contributed by atoms with Gasteiger partial charge in [0.1, 0.15) is 11.5 Å². The Bertz CT molecular complexity index is 1580. The third-order valence-corrected chi connectivity index (χ3v) is 6.29. The van der Waals surface area contributed by atoms with Crippen molar-refractivity contribution < 1.29 is 14.3 Å². The second-order valence-electron chi connectivity index (χ2n) is 8.22. The van der Waals surface area contributed by atoms with Gasteiger partial charge in [0, 0.05) is 22.8 Å². The monoisotopic (exact) mass is 447 g/mol. The van der Waals surface area contributed by atoms with E-state index in [-0.39, 0.29) is 5.78 Å². The Morgan fingerprint density at radius 1 is 0.794 bits per heavy atom. The summed E-state index contributed by atoms with van der Waals surface area (Å²) in [6.45, 7) is 1.95. The molecule has 0 N–H and O–H groups in total. The fourth-order valence-corrected chi connectivity index (χ4v) is 4.74. The zero-order valence-corrected chi connectivity index (χ0v) is 19.0. The molecule has 0 aliphatic heterocycles. The van der Waals surface area contributed by atoms with Gasteiger partial charge < -0.3 is 9.47 Å². The van der Waals surface area contributed by atoms with Crippen LogP contribution in [0.5, 0.6) is 11.5 Å². The van der Waals surface area contributed by atoms with E-state index in [0.29, 0.717) is 34.0 Å². The molecule has 0 atom stereocenters. The fraction of sp³-hybridized carbons (Fsp3) is 0.107. The number of ketones is 1. The minimum atomic E-state index is -0.0383. The molecule has 0 radical (unpaired) electrons. The lowest BCUT2D eigenvalue weighted by atomic mass is 9.94. The summed E-state index contributed by atoms with van der Waals surface area (Å²) < 4.78 is 12.9. The van der Waals surface area contributed by atoms with Crippen molar-refractivity contribution in [2.45, 2.75) is 6.92 Å². The zero-order chi connectivity index (χ0) is 23.4. The first-order valence-electron chi connectivity index (χ1n) is 11.0. The van der Waals surface area contributed by atoms with Crippen molar-refractivity contribution >= 4 is 16.8 Å². The van der Waals surface area contributed by atoms with Crippen molar-refractivity contribution in [2.24, 2.45) is 0 Å². The van der Waals surface area contributed by atoms with E-state index in [0.717, 1.165) is 33.5 Å². The highest BCUT2D eigenvalue weighted by Crippen LogP contribution is 2.46. The Morgan fingerprint density at radius 3 is 2.12 bits per heavy atom. The van der Waals surface area contributed by atoms with E-state index in [2.05, 4.69) is 0 Å².